The topological polar surface area (TPSA) is 59.8 Å². The fourth-order valence-electron chi connectivity index (χ4n) is 2.89. The third-order valence-corrected chi connectivity index (χ3v) is 4.50. The van der Waals surface area contributed by atoms with Crippen molar-refractivity contribution in [2.75, 3.05) is 5.32 Å². The number of hydrogen-bond acceptors (Lipinski definition) is 3. The number of nitrogens with zero attached hydrogens (tertiary/aromatic N) is 3. The first-order chi connectivity index (χ1) is 12.1. The summed E-state index contributed by atoms with van der Waals surface area (Å²) in [5, 5.41) is 8.09. The van der Waals surface area contributed by atoms with E-state index in [0.29, 0.717) is 17.3 Å². The average Bonchev–Trinajstić information content (AvgIpc) is 2.87. The molecule has 0 aliphatic heterocycles. The fourth-order valence-corrected chi connectivity index (χ4v) is 3.03. The first-order valence-electron chi connectivity index (χ1n) is 7.90. The molecule has 3 aromatic rings. The van der Waals surface area contributed by atoms with Gasteiger partial charge >= 0.3 is 0 Å². The van der Waals surface area contributed by atoms with Crippen LogP contribution in [0.4, 0.5) is 5.82 Å². The van der Waals surface area contributed by atoms with Crippen molar-refractivity contribution in [2.24, 2.45) is 0 Å². The second-order valence-corrected chi connectivity index (χ2v) is 8.59. The molecule has 0 unspecified atom stereocenters. The zero-order chi connectivity index (χ0) is 19.2. The number of hydrogen-bond donors (Lipinski definition) is 1. The van der Waals surface area contributed by atoms with Gasteiger partial charge in [-0.2, -0.15) is 9.78 Å². The number of anilines is 1. The van der Waals surface area contributed by atoms with Crippen LogP contribution in [0.1, 0.15) is 22.4 Å². The maximum Gasteiger partial charge on any atom is 0.277 e. The van der Waals surface area contributed by atoms with Crippen LogP contribution in [0.5, 0.6) is 0 Å². The Balaban J connectivity index is 2.14. The van der Waals surface area contributed by atoms with E-state index >= 15 is 0 Å². The molecule has 26 heavy (non-hydrogen) atoms. The molecule has 0 saturated heterocycles. The van der Waals surface area contributed by atoms with E-state index in [9.17, 15) is 4.79 Å². The molecule has 5 nitrogen and oxygen atoms in total. The Morgan fingerprint density at radius 2 is 1.73 bits per heavy atom. The molecule has 0 spiro atoms. The third kappa shape index (κ3) is 3.65. The predicted molar refractivity (Wildman–Crippen MR) is 107 cm³/mol. The van der Waals surface area contributed by atoms with Crippen molar-refractivity contribution in [2.45, 2.75) is 31.5 Å². The monoisotopic (exact) mass is 410 g/mol. The van der Waals surface area contributed by atoms with E-state index in [1.807, 2.05) is 26.8 Å². The van der Waals surface area contributed by atoms with Crippen molar-refractivity contribution in [3.05, 3.63) is 46.6 Å². The molecule has 0 radical (unpaired) electrons. The molecule has 2 heterocycles. The zero-order valence-corrected chi connectivity index (χ0v) is 17.0. The molecule has 1 amide bonds. The number of carbonyl (C=O) groups is 1. The van der Waals surface area contributed by atoms with Crippen LogP contribution in [0.25, 0.3) is 16.7 Å². The van der Waals surface area contributed by atoms with E-state index in [-0.39, 0.29) is 0 Å². The van der Waals surface area contributed by atoms with E-state index in [2.05, 4.69) is 29.5 Å². The predicted octanol–water partition coefficient (Wildman–Crippen LogP) is 4.96. The van der Waals surface area contributed by atoms with Gasteiger partial charge in [-0.15, -0.1) is 0 Å². The lowest BCUT2D eigenvalue weighted by molar-refractivity contribution is -0.115. The van der Waals surface area contributed by atoms with Crippen molar-refractivity contribution in [1.82, 2.24) is 14.8 Å². The Kier molecular flexibility index (Phi) is 4.90. The first-order valence-corrected chi connectivity index (χ1v) is 9.03. The minimum Gasteiger partial charge on any atom is -0.307 e. The highest BCUT2D eigenvalue weighted by molar-refractivity contribution is 6.76. The van der Waals surface area contributed by atoms with E-state index in [4.69, 9.17) is 39.8 Å². The number of fused-ring (bicyclic) bond motifs is 1. The first kappa shape index (κ1) is 19.0. The van der Waals surface area contributed by atoms with Gasteiger partial charge in [0.25, 0.3) is 9.70 Å². The van der Waals surface area contributed by atoms with Gasteiger partial charge in [0, 0.05) is 11.5 Å². The van der Waals surface area contributed by atoms with Crippen molar-refractivity contribution in [3.63, 3.8) is 0 Å². The van der Waals surface area contributed by atoms with Crippen LogP contribution in [0.15, 0.2) is 24.3 Å². The fraction of sp³-hybridized carbons (Fsp3) is 0.278. The maximum absolute atomic E-state index is 12.0. The highest BCUT2D eigenvalue weighted by Crippen LogP contribution is 2.29. The molecule has 2 aromatic heterocycles. The molecule has 1 N–H and O–H groups in total. The number of rotatable bonds is 2. The lowest BCUT2D eigenvalue weighted by atomic mass is 10.0. The molecular formula is C18H17Cl3N4O. The minimum absolute atomic E-state index is 0.384. The van der Waals surface area contributed by atoms with Crippen molar-refractivity contribution in [3.8, 4) is 5.82 Å². The molecule has 1 aromatic carbocycles. The molecule has 8 heteroatoms. The van der Waals surface area contributed by atoms with Gasteiger partial charge in [-0.05, 0) is 51.0 Å². The molecule has 0 bridgehead atoms. The normalized spacial score (nSPS) is 11.8. The van der Waals surface area contributed by atoms with Gasteiger partial charge in [-0.3, -0.25) is 4.79 Å². The summed E-state index contributed by atoms with van der Waals surface area (Å²) in [7, 11) is 0. The molecule has 3 rings (SSSR count). The van der Waals surface area contributed by atoms with Crippen LogP contribution in [-0.4, -0.2) is 24.5 Å². The summed E-state index contributed by atoms with van der Waals surface area (Å²) in [6, 6.07) is 7.79. The summed E-state index contributed by atoms with van der Waals surface area (Å²) < 4.78 is -0.529. The zero-order valence-electron chi connectivity index (χ0n) is 14.7. The molecule has 0 aliphatic rings. The summed E-state index contributed by atoms with van der Waals surface area (Å²) in [4.78, 5) is 16.8. The largest absolute Gasteiger partial charge is 0.307 e. The van der Waals surface area contributed by atoms with Gasteiger partial charge in [-0.25, -0.2) is 4.98 Å². The van der Waals surface area contributed by atoms with E-state index in [1.54, 1.807) is 6.07 Å². The van der Waals surface area contributed by atoms with Crippen LogP contribution in [0, 0.1) is 27.7 Å². The van der Waals surface area contributed by atoms with Gasteiger partial charge in [0.2, 0.25) is 0 Å². The average molecular weight is 412 g/mol. The van der Waals surface area contributed by atoms with Gasteiger partial charge in [0.15, 0.2) is 5.82 Å². The Labute approximate surface area is 166 Å². The van der Waals surface area contributed by atoms with Crippen molar-refractivity contribution < 1.29 is 4.79 Å². The number of amides is 1. The summed E-state index contributed by atoms with van der Waals surface area (Å²) >= 11 is 17.0. The standard InChI is InChI=1S/C18H17Cl3N4O/c1-9-5-11(3)16-13(6-9)10(2)7-14(22-16)25-15(8-12(4)24-25)23-17(26)18(19,20)21/h5-8H,1-4H3,(H,23,26). The van der Waals surface area contributed by atoms with Gasteiger partial charge in [0.1, 0.15) is 5.82 Å². The molecule has 136 valence electrons. The number of carbonyl (C=O) groups excluding carboxylic acids is 1. The molecule has 0 atom stereocenters. The Bertz CT molecular complexity index is 1020. The van der Waals surface area contributed by atoms with E-state index < -0.39 is 9.70 Å². The Morgan fingerprint density at radius 3 is 2.38 bits per heavy atom. The molecule has 0 aliphatic carbocycles. The van der Waals surface area contributed by atoms with Gasteiger partial charge in [0.05, 0.1) is 11.2 Å². The number of benzene rings is 1. The molecular weight excluding hydrogens is 395 g/mol. The van der Waals surface area contributed by atoms with E-state index in [0.717, 1.165) is 22.0 Å². The minimum atomic E-state index is -2.07. The second kappa shape index (κ2) is 6.72. The number of alkyl halides is 3. The number of aromatic nitrogens is 3. The Morgan fingerprint density at radius 1 is 1.04 bits per heavy atom. The highest BCUT2D eigenvalue weighted by Gasteiger charge is 2.31. The van der Waals surface area contributed by atoms with Gasteiger partial charge < -0.3 is 5.32 Å². The molecule has 0 saturated carbocycles. The lowest BCUT2D eigenvalue weighted by Crippen LogP contribution is -2.28. The number of halogens is 3. The van der Waals surface area contributed by atoms with Gasteiger partial charge in [-0.1, -0.05) is 46.4 Å². The van der Waals surface area contributed by atoms with Crippen LogP contribution in [0.2, 0.25) is 0 Å². The summed E-state index contributed by atoms with van der Waals surface area (Å²) in [6.07, 6.45) is 0. The van der Waals surface area contributed by atoms with Crippen molar-refractivity contribution in [1.29, 1.82) is 0 Å². The van der Waals surface area contributed by atoms with Crippen molar-refractivity contribution >= 4 is 57.4 Å². The smallest absolute Gasteiger partial charge is 0.277 e. The number of aryl methyl sites for hydroxylation is 4. The quantitative estimate of drug-likeness (QED) is 0.606. The lowest BCUT2D eigenvalue weighted by Gasteiger charge is -2.14. The maximum atomic E-state index is 12.0. The highest BCUT2D eigenvalue weighted by atomic mass is 35.6. The number of nitrogens with one attached hydrogen (secondary N) is 1. The summed E-state index contributed by atoms with van der Waals surface area (Å²) in [5.74, 6) is 0.206. The van der Waals surface area contributed by atoms with Crippen LogP contribution < -0.4 is 5.32 Å². The second-order valence-electron chi connectivity index (χ2n) is 6.31. The van der Waals surface area contributed by atoms with Crippen LogP contribution >= 0.6 is 34.8 Å². The van der Waals surface area contributed by atoms with E-state index in [1.165, 1.54) is 10.2 Å². The Hall–Kier alpha value is -1.82. The summed E-state index contributed by atoms with van der Waals surface area (Å²) in [6.45, 7) is 7.90. The van der Waals surface area contributed by atoms with Crippen LogP contribution in [-0.2, 0) is 4.79 Å². The third-order valence-electron chi connectivity index (χ3n) is 3.99. The number of pyridine rings is 1. The summed E-state index contributed by atoms with van der Waals surface area (Å²) in [5.41, 5.74) is 4.89. The van der Waals surface area contributed by atoms with Crippen LogP contribution in [0.3, 0.4) is 0 Å². The molecule has 0 fully saturated rings. The SMILES string of the molecule is Cc1cc(C)c2nc(-n3nc(C)cc3NC(=O)C(Cl)(Cl)Cl)cc(C)c2c1.